The Morgan fingerprint density at radius 1 is 1.43 bits per heavy atom. The second-order valence-electron chi connectivity index (χ2n) is 4.04. The lowest BCUT2D eigenvalue weighted by Crippen LogP contribution is -2.39. The summed E-state index contributed by atoms with van der Waals surface area (Å²) < 4.78 is 0. The second-order valence-corrected chi connectivity index (χ2v) is 4.04. The first kappa shape index (κ1) is 11.3. The third-order valence-electron chi connectivity index (χ3n) is 2.95. The van der Waals surface area contributed by atoms with E-state index in [1.165, 1.54) is 12.8 Å². The third-order valence-corrected chi connectivity index (χ3v) is 2.95. The van der Waals surface area contributed by atoms with Gasteiger partial charge < -0.3 is 15.7 Å². The molecular formula is C10H20N2O2. The fourth-order valence-electron chi connectivity index (χ4n) is 1.44. The van der Waals surface area contributed by atoms with Crippen molar-refractivity contribution in [3.63, 3.8) is 0 Å². The molecule has 0 heterocycles. The zero-order valence-corrected chi connectivity index (χ0v) is 8.81. The quantitative estimate of drug-likeness (QED) is 0.557. The summed E-state index contributed by atoms with van der Waals surface area (Å²) in [6.07, 6.45) is 4.23. The van der Waals surface area contributed by atoms with E-state index < -0.39 is 0 Å². The van der Waals surface area contributed by atoms with Gasteiger partial charge in [-0.3, -0.25) is 0 Å². The average molecular weight is 200 g/mol. The zero-order chi connectivity index (χ0) is 10.4. The van der Waals surface area contributed by atoms with Crippen LogP contribution in [-0.4, -0.2) is 30.8 Å². The highest BCUT2D eigenvalue weighted by molar-refractivity contribution is 5.73. The Morgan fingerprint density at radius 2 is 2.14 bits per heavy atom. The first-order chi connectivity index (χ1) is 6.72. The monoisotopic (exact) mass is 200 g/mol. The normalized spacial score (nSPS) is 17.6. The first-order valence-corrected chi connectivity index (χ1v) is 5.35. The number of hydrogen-bond acceptors (Lipinski definition) is 2. The van der Waals surface area contributed by atoms with E-state index in [1.54, 1.807) is 0 Å². The molecule has 0 aromatic heterocycles. The third kappa shape index (κ3) is 3.54. The molecule has 1 saturated carbocycles. The molecule has 0 aromatic carbocycles. The molecule has 4 heteroatoms. The summed E-state index contributed by atoms with van der Waals surface area (Å²) >= 11 is 0. The van der Waals surface area contributed by atoms with E-state index in [-0.39, 0.29) is 12.6 Å². The van der Waals surface area contributed by atoms with E-state index in [1.807, 2.05) is 0 Å². The lowest BCUT2D eigenvalue weighted by atomic mass is 10.0. The SMILES string of the molecule is CCC1(CNC(=O)NCCCO)CC1. The van der Waals surface area contributed by atoms with Crippen LogP contribution in [0.5, 0.6) is 0 Å². The lowest BCUT2D eigenvalue weighted by Gasteiger charge is -2.13. The van der Waals surface area contributed by atoms with Crippen molar-refractivity contribution >= 4 is 6.03 Å². The number of nitrogens with one attached hydrogen (secondary N) is 2. The van der Waals surface area contributed by atoms with Crippen molar-refractivity contribution in [3.8, 4) is 0 Å². The number of amides is 2. The van der Waals surface area contributed by atoms with Gasteiger partial charge in [0.25, 0.3) is 0 Å². The maximum absolute atomic E-state index is 11.2. The molecule has 0 saturated heterocycles. The van der Waals surface area contributed by atoms with E-state index in [9.17, 15) is 4.79 Å². The molecule has 1 fully saturated rings. The smallest absolute Gasteiger partial charge is 0.314 e. The van der Waals surface area contributed by atoms with Crippen LogP contribution in [0.15, 0.2) is 0 Å². The highest BCUT2D eigenvalue weighted by Crippen LogP contribution is 2.47. The van der Waals surface area contributed by atoms with Crippen molar-refractivity contribution in [2.45, 2.75) is 32.6 Å². The molecule has 3 N–H and O–H groups in total. The molecule has 4 nitrogen and oxygen atoms in total. The van der Waals surface area contributed by atoms with E-state index in [2.05, 4.69) is 17.6 Å². The average Bonchev–Trinajstić information content (AvgIpc) is 2.96. The highest BCUT2D eigenvalue weighted by atomic mass is 16.3. The number of hydrogen-bond donors (Lipinski definition) is 3. The number of carbonyl (C=O) groups excluding carboxylic acids is 1. The van der Waals surface area contributed by atoms with E-state index in [0.717, 1.165) is 13.0 Å². The van der Waals surface area contributed by atoms with Gasteiger partial charge in [0.1, 0.15) is 0 Å². The van der Waals surface area contributed by atoms with Crippen LogP contribution < -0.4 is 10.6 Å². The van der Waals surface area contributed by atoms with Crippen molar-refractivity contribution in [3.05, 3.63) is 0 Å². The van der Waals surface area contributed by atoms with Crippen LogP contribution in [0.25, 0.3) is 0 Å². The lowest BCUT2D eigenvalue weighted by molar-refractivity contribution is 0.235. The summed E-state index contributed by atoms with van der Waals surface area (Å²) in [4.78, 5) is 11.2. The van der Waals surface area contributed by atoms with Gasteiger partial charge in [-0.05, 0) is 31.1 Å². The van der Waals surface area contributed by atoms with Crippen LogP contribution >= 0.6 is 0 Å². The van der Waals surface area contributed by atoms with Crippen molar-refractivity contribution < 1.29 is 9.90 Å². The Morgan fingerprint density at radius 3 is 2.64 bits per heavy atom. The minimum absolute atomic E-state index is 0.113. The van der Waals surface area contributed by atoms with Gasteiger partial charge in [0.05, 0.1) is 0 Å². The molecule has 0 atom stereocenters. The molecular weight excluding hydrogens is 180 g/mol. The molecule has 2 amide bonds. The number of aliphatic hydroxyl groups excluding tert-OH is 1. The van der Waals surface area contributed by atoms with Crippen molar-refractivity contribution in [1.82, 2.24) is 10.6 Å². The number of rotatable bonds is 6. The Kier molecular flexibility index (Phi) is 4.20. The second kappa shape index (κ2) is 5.20. The molecule has 0 aromatic rings. The predicted molar refractivity (Wildman–Crippen MR) is 55.1 cm³/mol. The van der Waals surface area contributed by atoms with Gasteiger partial charge in [-0.25, -0.2) is 4.79 Å². The van der Waals surface area contributed by atoms with Gasteiger partial charge in [-0.15, -0.1) is 0 Å². The zero-order valence-electron chi connectivity index (χ0n) is 8.81. The van der Waals surface area contributed by atoms with Crippen LogP contribution in [0.1, 0.15) is 32.6 Å². The fraction of sp³-hybridized carbons (Fsp3) is 0.900. The van der Waals surface area contributed by atoms with Crippen molar-refractivity contribution in [2.75, 3.05) is 19.7 Å². The molecule has 0 unspecified atom stereocenters. The molecule has 14 heavy (non-hydrogen) atoms. The summed E-state index contributed by atoms with van der Waals surface area (Å²) in [6.45, 7) is 3.62. The summed E-state index contributed by atoms with van der Waals surface area (Å²) in [5.41, 5.74) is 0.397. The Labute approximate surface area is 85.1 Å². The van der Waals surface area contributed by atoms with Gasteiger partial charge in [0.15, 0.2) is 0 Å². The molecule has 0 spiro atoms. The Hall–Kier alpha value is -0.770. The molecule has 1 aliphatic carbocycles. The van der Waals surface area contributed by atoms with Crippen LogP contribution in [0, 0.1) is 5.41 Å². The van der Waals surface area contributed by atoms with Crippen LogP contribution in [-0.2, 0) is 0 Å². The van der Waals surface area contributed by atoms with Crippen LogP contribution in [0.3, 0.4) is 0 Å². The first-order valence-electron chi connectivity index (χ1n) is 5.35. The maximum Gasteiger partial charge on any atom is 0.314 e. The van der Waals surface area contributed by atoms with Crippen LogP contribution in [0.2, 0.25) is 0 Å². The maximum atomic E-state index is 11.2. The number of urea groups is 1. The summed E-state index contributed by atoms with van der Waals surface area (Å²) in [6, 6.07) is -0.113. The number of aliphatic hydroxyl groups is 1. The fourth-order valence-corrected chi connectivity index (χ4v) is 1.44. The van der Waals surface area contributed by atoms with Gasteiger partial charge in [0, 0.05) is 19.7 Å². The number of carbonyl (C=O) groups is 1. The van der Waals surface area contributed by atoms with Gasteiger partial charge in [-0.1, -0.05) is 6.92 Å². The largest absolute Gasteiger partial charge is 0.396 e. The van der Waals surface area contributed by atoms with E-state index in [4.69, 9.17) is 5.11 Å². The summed E-state index contributed by atoms with van der Waals surface area (Å²) in [5, 5.41) is 14.1. The standard InChI is InChI=1S/C10H20N2O2/c1-2-10(4-5-10)8-12-9(14)11-6-3-7-13/h13H,2-8H2,1H3,(H2,11,12,14). The Bertz CT molecular complexity index is 191. The summed E-state index contributed by atoms with van der Waals surface area (Å²) in [5.74, 6) is 0. The van der Waals surface area contributed by atoms with Crippen molar-refractivity contribution in [2.24, 2.45) is 5.41 Å². The van der Waals surface area contributed by atoms with Crippen LogP contribution in [0.4, 0.5) is 4.79 Å². The molecule has 82 valence electrons. The van der Waals surface area contributed by atoms with Crippen molar-refractivity contribution in [1.29, 1.82) is 0 Å². The molecule has 1 rings (SSSR count). The van der Waals surface area contributed by atoms with Gasteiger partial charge in [-0.2, -0.15) is 0 Å². The Balaban J connectivity index is 2.03. The molecule has 1 aliphatic rings. The highest BCUT2D eigenvalue weighted by Gasteiger charge is 2.40. The molecule has 0 bridgehead atoms. The molecule has 0 aliphatic heterocycles. The predicted octanol–water partition coefficient (Wildman–Crippen LogP) is 0.858. The van der Waals surface area contributed by atoms with Gasteiger partial charge >= 0.3 is 6.03 Å². The topological polar surface area (TPSA) is 61.4 Å². The molecule has 0 radical (unpaired) electrons. The van der Waals surface area contributed by atoms with Gasteiger partial charge in [0.2, 0.25) is 0 Å². The minimum atomic E-state index is -0.113. The van der Waals surface area contributed by atoms with E-state index in [0.29, 0.717) is 18.4 Å². The van der Waals surface area contributed by atoms with E-state index >= 15 is 0 Å². The summed E-state index contributed by atoms with van der Waals surface area (Å²) in [7, 11) is 0. The minimum Gasteiger partial charge on any atom is -0.396 e.